The van der Waals surface area contributed by atoms with Crippen LogP contribution in [0.3, 0.4) is 0 Å². The lowest BCUT2D eigenvalue weighted by atomic mass is 9.95. The monoisotopic (exact) mass is 537 g/mol. The average Bonchev–Trinajstić information content (AvgIpc) is 3.57. The molecule has 1 saturated heterocycles. The van der Waals surface area contributed by atoms with E-state index in [4.69, 9.17) is 19.7 Å². The van der Waals surface area contributed by atoms with E-state index in [2.05, 4.69) is 32.6 Å². The first kappa shape index (κ1) is 25.5. The maximum absolute atomic E-state index is 14.9. The van der Waals surface area contributed by atoms with Crippen molar-refractivity contribution >= 4 is 40.7 Å². The predicted octanol–water partition coefficient (Wildman–Crippen LogP) is 1.49. The van der Waals surface area contributed by atoms with Crippen LogP contribution in [-0.4, -0.2) is 54.0 Å². The van der Waals surface area contributed by atoms with Crippen molar-refractivity contribution in [2.24, 2.45) is 10.9 Å². The highest BCUT2D eigenvalue weighted by Gasteiger charge is 2.53. The first-order valence-corrected chi connectivity index (χ1v) is 11.8. The fraction of sp³-hybridized carbons (Fsp3) is 0.240. The number of carbonyl (C=O) groups is 3. The highest BCUT2D eigenvalue weighted by atomic mass is 19.1. The number of nitrogens with two attached hydrogens (primary N) is 1. The van der Waals surface area contributed by atoms with E-state index in [1.54, 1.807) is 18.2 Å². The summed E-state index contributed by atoms with van der Waals surface area (Å²) in [5.74, 6) is 3.21. The van der Waals surface area contributed by atoms with Crippen LogP contribution in [0.2, 0.25) is 0 Å². The molecule has 2 aliphatic heterocycles. The number of fused-ring (bicyclic) bond motifs is 2. The molecule has 0 saturated carbocycles. The zero-order valence-corrected chi connectivity index (χ0v) is 21.0. The van der Waals surface area contributed by atoms with Crippen LogP contribution >= 0.6 is 0 Å². The Morgan fingerprint density at radius 1 is 1.33 bits per heavy atom. The molecule has 0 radical (unpaired) electrons. The minimum Gasteiger partial charge on any atom is -0.494 e. The topological polar surface area (TPSA) is 173 Å². The van der Waals surface area contributed by atoms with Crippen molar-refractivity contribution in [3.63, 3.8) is 0 Å². The molecule has 2 aromatic heterocycles. The molecule has 0 spiro atoms. The largest absolute Gasteiger partial charge is 0.494 e. The molecule has 4 heterocycles. The molecule has 5 rings (SSSR count). The second kappa shape index (κ2) is 9.63. The highest BCUT2D eigenvalue weighted by Crippen LogP contribution is 2.36. The molecule has 0 bridgehead atoms. The van der Waals surface area contributed by atoms with Crippen molar-refractivity contribution in [1.29, 1.82) is 0 Å². The van der Waals surface area contributed by atoms with Gasteiger partial charge in [0.05, 0.1) is 19.2 Å². The molecule has 1 aromatic carbocycles. The maximum atomic E-state index is 14.9. The minimum atomic E-state index is -1.80. The molecule has 39 heavy (non-hydrogen) atoms. The first-order valence-electron chi connectivity index (χ1n) is 11.8. The highest BCUT2D eigenvalue weighted by molar-refractivity contribution is 6.08. The summed E-state index contributed by atoms with van der Waals surface area (Å²) < 4.78 is 31.3. The third kappa shape index (κ3) is 4.24. The molecule has 13 nitrogen and oxygen atoms in total. The van der Waals surface area contributed by atoms with Gasteiger partial charge in [-0.1, -0.05) is 12.6 Å². The number of halogens is 1. The van der Waals surface area contributed by atoms with Gasteiger partial charge in [0.1, 0.15) is 22.7 Å². The van der Waals surface area contributed by atoms with E-state index < -0.39 is 29.2 Å². The van der Waals surface area contributed by atoms with Gasteiger partial charge < -0.3 is 35.3 Å². The summed E-state index contributed by atoms with van der Waals surface area (Å²) in [5, 5.41) is 11.1. The molecule has 14 heteroatoms. The molecule has 1 atom stereocenters. The van der Waals surface area contributed by atoms with Gasteiger partial charge in [-0.2, -0.15) is 0 Å². The summed E-state index contributed by atoms with van der Waals surface area (Å²) in [5.41, 5.74) is -0.582. The SMILES string of the molecule is C=C(O/C(=N\N)NCC)c1ccc2oc([C@]3(CN4Cc5ccc(OC)c(F)c5C4=O)NC(=O)NC3=O)cc2n1. The van der Waals surface area contributed by atoms with E-state index in [0.717, 1.165) is 0 Å². The van der Waals surface area contributed by atoms with Crippen molar-refractivity contribution in [3.05, 3.63) is 65.3 Å². The molecular weight excluding hydrogens is 513 g/mol. The second-order valence-electron chi connectivity index (χ2n) is 8.77. The summed E-state index contributed by atoms with van der Waals surface area (Å²) >= 11 is 0. The number of hydrogen-bond acceptors (Lipinski definition) is 9. The van der Waals surface area contributed by atoms with Gasteiger partial charge in [-0.15, -0.1) is 5.10 Å². The average molecular weight is 538 g/mol. The number of benzene rings is 1. The van der Waals surface area contributed by atoms with Gasteiger partial charge in [-0.25, -0.2) is 14.2 Å². The number of nitrogens with one attached hydrogen (secondary N) is 3. The molecule has 5 N–H and O–H groups in total. The van der Waals surface area contributed by atoms with Crippen LogP contribution in [0.25, 0.3) is 16.9 Å². The fourth-order valence-electron chi connectivity index (χ4n) is 4.54. The summed E-state index contributed by atoms with van der Waals surface area (Å²) in [6, 6.07) is 6.91. The van der Waals surface area contributed by atoms with E-state index in [1.807, 2.05) is 6.92 Å². The Morgan fingerprint density at radius 3 is 2.79 bits per heavy atom. The number of rotatable bonds is 7. The van der Waals surface area contributed by atoms with Crippen LogP contribution in [0.1, 0.15) is 34.3 Å². The van der Waals surface area contributed by atoms with Gasteiger partial charge in [-0.3, -0.25) is 14.9 Å². The third-order valence-electron chi connectivity index (χ3n) is 6.39. The van der Waals surface area contributed by atoms with Crippen LogP contribution in [0.4, 0.5) is 9.18 Å². The summed E-state index contributed by atoms with van der Waals surface area (Å²) in [6.07, 6.45) is 0. The number of aromatic nitrogens is 1. The number of ether oxygens (including phenoxy) is 2. The minimum absolute atomic E-state index is 0.0105. The van der Waals surface area contributed by atoms with Crippen molar-refractivity contribution < 1.29 is 32.7 Å². The number of nitrogens with zero attached hydrogens (tertiary/aromatic N) is 3. The fourth-order valence-corrected chi connectivity index (χ4v) is 4.54. The van der Waals surface area contributed by atoms with Crippen molar-refractivity contribution in [2.75, 3.05) is 20.2 Å². The Kier molecular flexibility index (Phi) is 6.30. The predicted molar refractivity (Wildman–Crippen MR) is 135 cm³/mol. The zero-order valence-electron chi connectivity index (χ0n) is 21.0. The van der Waals surface area contributed by atoms with Gasteiger partial charge >= 0.3 is 12.1 Å². The van der Waals surface area contributed by atoms with Gasteiger partial charge in [0.2, 0.25) is 0 Å². The number of urea groups is 1. The van der Waals surface area contributed by atoms with Crippen LogP contribution in [0.5, 0.6) is 5.75 Å². The van der Waals surface area contributed by atoms with Crippen LogP contribution in [0.15, 0.2) is 46.4 Å². The second-order valence-corrected chi connectivity index (χ2v) is 8.77. The Hall–Kier alpha value is -5.14. The lowest BCUT2D eigenvalue weighted by Crippen LogP contribution is -2.52. The van der Waals surface area contributed by atoms with Crippen LogP contribution in [-0.2, 0) is 21.6 Å². The zero-order chi connectivity index (χ0) is 27.9. The third-order valence-corrected chi connectivity index (χ3v) is 6.39. The molecular formula is C25H24FN7O6. The normalized spacial score (nSPS) is 18.7. The van der Waals surface area contributed by atoms with Gasteiger partial charge in [0, 0.05) is 19.2 Å². The van der Waals surface area contributed by atoms with E-state index in [-0.39, 0.29) is 41.9 Å². The van der Waals surface area contributed by atoms with Crippen molar-refractivity contribution in [3.8, 4) is 5.75 Å². The number of methoxy groups -OCH3 is 1. The number of carbonyl (C=O) groups excluding carboxylic acids is 3. The molecule has 0 unspecified atom stereocenters. The summed E-state index contributed by atoms with van der Waals surface area (Å²) in [6.45, 7) is 5.87. The first-order chi connectivity index (χ1) is 18.7. The van der Waals surface area contributed by atoms with Crippen LogP contribution < -0.4 is 26.5 Å². The van der Waals surface area contributed by atoms with Crippen molar-refractivity contribution in [2.45, 2.75) is 19.0 Å². The van der Waals surface area contributed by atoms with E-state index in [1.165, 1.54) is 24.1 Å². The van der Waals surface area contributed by atoms with Gasteiger partial charge in [0.15, 0.2) is 22.7 Å². The smallest absolute Gasteiger partial charge is 0.322 e. The molecule has 1 fully saturated rings. The van der Waals surface area contributed by atoms with Crippen LogP contribution in [0, 0.1) is 5.82 Å². The molecule has 3 aromatic rings. The Balaban J connectivity index is 1.48. The van der Waals surface area contributed by atoms with Gasteiger partial charge in [-0.05, 0) is 30.7 Å². The number of hydrogen-bond donors (Lipinski definition) is 4. The quantitative estimate of drug-likeness (QED) is 0.0870. The number of hydrazone groups is 1. The number of imide groups is 1. The lowest BCUT2D eigenvalue weighted by Gasteiger charge is -2.28. The Bertz CT molecular complexity index is 1570. The van der Waals surface area contributed by atoms with E-state index in [0.29, 0.717) is 28.9 Å². The summed E-state index contributed by atoms with van der Waals surface area (Å²) in [7, 11) is 1.30. The van der Waals surface area contributed by atoms with E-state index >= 15 is 0 Å². The lowest BCUT2D eigenvalue weighted by molar-refractivity contribution is -0.125. The molecule has 202 valence electrons. The number of amides is 4. The Morgan fingerprint density at radius 2 is 2.13 bits per heavy atom. The number of amidine groups is 1. The molecule has 2 aliphatic rings. The molecule has 0 aliphatic carbocycles. The number of pyridine rings is 1. The summed E-state index contributed by atoms with van der Waals surface area (Å²) in [4.78, 5) is 44.3. The standard InChI is InChI=1S/C25H24FN7O6/c1-4-28-24(32-27)38-12(2)14-6-8-16-15(29-14)9-18(39-16)25(22(35)30-23(36)31-25)11-33-10-13-5-7-17(37-3)20(26)19(13)21(33)34/h5-9H,2,4,10-11,27H2,1,3H3,(H,28,32)(H2,30,31,35,36)/t25-/m0/s1. The maximum Gasteiger partial charge on any atom is 0.322 e. The van der Waals surface area contributed by atoms with E-state index in [9.17, 15) is 18.8 Å². The Labute approximate surface area is 220 Å². The number of furan rings is 1. The van der Waals surface area contributed by atoms with Gasteiger partial charge in [0.25, 0.3) is 11.8 Å². The van der Waals surface area contributed by atoms with Crippen molar-refractivity contribution in [1.82, 2.24) is 25.8 Å². The molecule has 4 amide bonds.